The van der Waals surface area contributed by atoms with Crippen molar-refractivity contribution < 1.29 is 27.2 Å². The Kier molecular flexibility index (Phi) is 6.22. The number of nitrogens with zero attached hydrogens (tertiary/aromatic N) is 3. The highest BCUT2D eigenvalue weighted by atomic mass is 32.2. The maximum atomic E-state index is 14.0. The lowest BCUT2D eigenvalue weighted by molar-refractivity contribution is -0.139. The Morgan fingerprint density at radius 2 is 1.62 bits per heavy atom. The van der Waals surface area contributed by atoms with Gasteiger partial charge in [-0.2, -0.15) is 4.31 Å². The van der Waals surface area contributed by atoms with Gasteiger partial charge < -0.3 is 10.2 Å². The molecule has 1 aliphatic carbocycles. The van der Waals surface area contributed by atoms with E-state index in [0.29, 0.717) is 12.8 Å². The van der Waals surface area contributed by atoms with Crippen LogP contribution in [0.15, 0.2) is 29.2 Å². The van der Waals surface area contributed by atoms with Crippen LogP contribution >= 0.6 is 0 Å². The van der Waals surface area contributed by atoms with E-state index in [1.165, 1.54) is 23.1 Å². The molecule has 4 rings (SSSR count). The molecule has 0 atom stereocenters. The fourth-order valence-electron chi connectivity index (χ4n) is 4.70. The molecular weight excluding hydrogens is 439 g/mol. The second-order valence-electron chi connectivity index (χ2n) is 8.53. The smallest absolute Gasteiger partial charge is 0.325 e. The third kappa shape index (κ3) is 4.11. The Morgan fingerprint density at radius 3 is 2.25 bits per heavy atom. The van der Waals surface area contributed by atoms with Crippen LogP contribution in [-0.2, 0) is 19.6 Å². The van der Waals surface area contributed by atoms with Crippen molar-refractivity contribution in [1.82, 2.24) is 19.4 Å². The van der Waals surface area contributed by atoms with E-state index in [2.05, 4.69) is 5.32 Å². The van der Waals surface area contributed by atoms with Crippen molar-refractivity contribution in [2.75, 3.05) is 32.7 Å². The number of nitrogens with one attached hydrogen (secondary N) is 1. The highest BCUT2D eigenvalue weighted by Crippen LogP contribution is 2.32. The lowest BCUT2D eigenvalue weighted by Crippen LogP contribution is -2.53. The SMILES string of the molecule is O=C(CN1C(=O)NC2(CCCCCC2)C1=O)N1CCN(S(=O)(=O)c2ccccc2F)CC1. The molecule has 2 aliphatic heterocycles. The number of hydrogen-bond donors (Lipinski definition) is 1. The predicted molar refractivity (Wildman–Crippen MR) is 112 cm³/mol. The quantitative estimate of drug-likeness (QED) is 0.674. The van der Waals surface area contributed by atoms with Crippen LogP contribution in [0, 0.1) is 5.82 Å². The van der Waals surface area contributed by atoms with Gasteiger partial charge >= 0.3 is 6.03 Å². The topological polar surface area (TPSA) is 107 Å². The fourth-order valence-corrected chi connectivity index (χ4v) is 6.18. The number of urea groups is 1. The molecule has 9 nitrogen and oxygen atoms in total. The summed E-state index contributed by atoms with van der Waals surface area (Å²) in [5, 5.41) is 2.81. The summed E-state index contributed by atoms with van der Waals surface area (Å²) in [7, 11) is -4.01. The van der Waals surface area contributed by atoms with Crippen molar-refractivity contribution in [2.45, 2.75) is 49.0 Å². The zero-order valence-corrected chi connectivity index (χ0v) is 18.6. The van der Waals surface area contributed by atoms with Crippen molar-refractivity contribution in [2.24, 2.45) is 0 Å². The largest absolute Gasteiger partial charge is 0.338 e. The van der Waals surface area contributed by atoms with Crippen molar-refractivity contribution in [1.29, 1.82) is 0 Å². The van der Waals surface area contributed by atoms with Crippen molar-refractivity contribution in [3.63, 3.8) is 0 Å². The van der Waals surface area contributed by atoms with Crippen molar-refractivity contribution >= 4 is 27.9 Å². The first-order valence-electron chi connectivity index (χ1n) is 10.9. The summed E-state index contributed by atoms with van der Waals surface area (Å²) in [6.45, 7) is -0.159. The van der Waals surface area contributed by atoms with E-state index < -0.39 is 38.2 Å². The summed E-state index contributed by atoms with van der Waals surface area (Å²) in [6.07, 6.45) is 4.90. The van der Waals surface area contributed by atoms with E-state index in [9.17, 15) is 27.2 Å². The average Bonchev–Trinajstić information content (AvgIpc) is 2.93. The summed E-state index contributed by atoms with van der Waals surface area (Å²) >= 11 is 0. The normalized spacial score (nSPS) is 22.2. The monoisotopic (exact) mass is 466 g/mol. The molecule has 2 saturated heterocycles. The first kappa shape index (κ1) is 22.7. The Balaban J connectivity index is 1.37. The summed E-state index contributed by atoms with van der Waals surface area (Å²) in [6, 6.07) is 4.62. The zero-order chi connectivity index (χ0) is 22.9. The van der Waals surface area contributed by atoms with Gasteiger partial charge in [-0.3, -0.25) is 14.5 Å². The van der Waals surface area contributed by atoms with Crippen LogP contribution < -0.4 is 5.32 Å². The van der Waals surface area contributed by atoms with Gasteiger partial charge in [-0.1, -0.05) is 37.8 Å². The molecule has 2 heterocycles. The molecule has 11 heteroatoms. The van der Waals surface area contributed by atoms with Crippen LogP contribution in [0.3, 0.4) is 0 Å². The molecule has 1 aromatic carbocycles. The number of imide groups is 1. The lowest BCUT2D eigenvalue weighted by Gasteiger charge is -2.34. The fraction of sp³-hybridized carbons (Fsp3) is 0.571. The third-order valence-corrected chi connectivity index (χ3v) is 8.47. The molecule has 1 spiro atoms. The van der Waals surface area contributed by atoms with Gasteiger partial charge in [0.2, 0.25) is 15.9 Å². The minimum atomic E-state index is -4.01. The van der Waals surface area contributed by atoms with E-state index in [-0.39, 0.29) is 38.6 Å². The highest BCUT2D eigenvalue weighted by Gasteiger charge is 2.51. The van der Waals surface area contributed by atoms with E-state index in [1.54, 1.807) is 0 Å². The van der Waals surface area contributed by atoms with Crippen LogP contribution in [-0.4, -0.2) is 78.6 Å². The number of sulfonamides is 1. The number of halogens is 1. The standard InChI is InChI=1S/C21H27FN4O5S/c22-16-7-3-4-8-17(16)32(30,31)25-13-11-24(12-14-25)18(27)15-26-19(28)21(23-20(26)29)9-5-1-2-6-10-21/h3-4,7-8H,1-2,5-6,9-15H2,(H,23,29). The van der Waals surface area contributed by atoms with E-state index in [0.717, 1.165) is 41.0 Å². The van der Waals surface area contributed by atoms with Crippen LogP contribution in [0.25, 0.3) is 0 Å². The van der Waals surface area contributed by atoms with Crippen LogP contribution in [0.5, 0.6) is 0 Å². The Labute approximate surface area is 186 Å². The van der Waals surface area contributed by atoms with Gasteiger partial charge in [0.25, 0.3) is 5.91 Å². The number of carbonyl (C=O) groups excluding carboxylic acids is 3. The number of piperazine rings is 1. The molecule has 0 aromatic heterocycles. The molecule has 0 unspecified atom stereocenters. The third-order valence-electron chi connectivity index (χ3n) is 6.54. The molecule has 1 saturated carbocycles. The van der Waals surface area contributed by atoms with Gasteiger partial charge in [0.1, 0.15) is 22.8 Å². The van der Waals surface area contributed by atoms with Crippen molar-refractivity contribution in [3.05, 3.63) is 30.1 Å². The van der Waals surface area contributed by atoms with Crippen LogP contribution in [0.4, 0.5) is 9.18 Å². The van der Waals surface area contributed by atoms with Gasteiger partial charge in [0, 0.05) is 26.2 Å². The molecule has 0 radical (unpaired) electrons. The molecule has 4 amide bonds. The molecular formula is C21H27FN4O5S. The van der Waals surface area contributed by atoms with Gasteiger partial charge in [-0.05, 0) is 25.0 Å². The van der Waals surface area contributed by atoms with Gasteiger partial charge in [-0.15, -0.1) is 0 Å². The predicted octanol–water partition coefficient (Wildman–Crippen LogP) is 1.30. The summed E-state index contributed by atoms with van der Waals surface area (Å²) < 4.78 is 40.6. The van der Waals surface area contributed by atoms with Gasteiger partial charge in [0.05, 0.1) is 0 Å². The summed E-state index contributed by atoms with van der Waals surface area (Å²) in [4.78, 5) is 40.3. The Morgan fingerprint density at radius 1 is 1.00 bits per heavy atom. The number of hydrogen-bond acceptors (Lipinski definition) is 5. The first-order valence-corrected chi connectivity index (χ1v) is 12.4. The lowest BCUT2D eigenvalue weighted by atomic mass is 9.90. The average molecular weight is 467 g/mol. The number of benzene rings is 1. The zero-order valence-electron chi connectivity index (χ0n) is 17.8. The van der Waals surface area contributed by atoms with E-state index in [1.807, 2.05) is 0 Å². The molecule has 32 heavy (non-hydrogen) atoms. The molecule has 0 bridgehead atoms. The maximum absolute atomic E-state index is 14.0. The number of rotatable bonds is 4. The highest BCUT2D eigenvalue weighted by molar-refractivity contribution is 7.89. The molecule has 1 N–H and O–H groups in total. The van der Waals surface area contributed by atoms with E-state index in [4.69, 9.17) is 0 Å². The summed E-state index contributed by atoms with van der Waals surface area (Å²) in [5.41, 5.74) is -0.902. The molecule has 3 aliphatic rings. The molecule has 174 valence electrons. The maximum Gasteiger partial charge on any atom is 0.325 e. The minimum Gasteiger partial charge on any atom is -0.338 e. The second kappa shape index (κ2) is 8.78. The van der Waals surface area contributed by atoms with E-state index >= 15 is 0 Å². The summed E-state index contributed by atoms with van der Waals surface area (Å²) in [5.74, 6) is -1.59. The number of amides is 4. The van der Waals surface area contributed by atoms with Crippen molar-refractivity contribution in [3.8, 4) is 0 Å². The number of carbonyl (C=O) groups is 3. The minimum absolute atomic E-state index is 0.00644. The Bertz CT molecular complexity index is 1010. The molecule has 1 aromatic rings. The Hall–Kier alpha value is -2.53. The first-order chi connectivity index (χ1) is 15.2. The van der Waals surface area contributed by atoms with Crippen LogP contribution in [0.1, 0.15) is 38.5 Å². The second-order valence-corrected chi connectivity index (χ2v) is 10.4. The van der Waals surface area contributed by atoms with Gasteiger partial charge in [-0.25, -0.2) is 17.6 Å². The van der Waals surface area contributed by atoms with Gasteiger partial charge in [0.15, 0.2) is 0 Å². The van der Waals surface area contributed by atoms with Crippen LogP contribution in [0.2, 0.25) is 0 Å². The molecule has 3 fully saturated rings.